The van der Waals surface area contributed by atoms with Gasteiger partial charge >= 0.3 is 5.97 Å². The van der Waals surface area contributed by atoms with Crippen LogP contribution in [0.1, 0.15) is 12.7 Å². The minimum atomic E-state index is -0.340. The van der Waals surface area contributed by atoms with Gasteiger partial charge in [-0.1, -0.05) is 11.6 Å². The summed E-state index contributed by atoms with van der Waals surface area (Å²) in [6.45, 7) is 2.11. The zero-order valence-electron chi connectivity index (χ0n) is 8.57. The summed E-state index contributed by atoms with van der Waals surface area (Å²) in [5, 5.41) is 2.28. The number of carbonyl (C=O) groups is 1. The lowest BCUT2D eigenvalue weighted by atomic mass is 10.4. The van der Waals surface area contributed by atoms with Crippen molar-refractivity contribution < 1.29 is 9.53 Å². The molecule has 0 aromatic carbocycles. The molecule has 0 fully saturated rings. The van der Waals surface area contributed by atoms with Crippen molar-refractivity contribution in [3.8, 4) is 0 Å². The van der Waals surface area contributed by atoms with E-state index in [0.717, 1.165) is 10.2 Å². The van der Waals surface area contributed by atoms with Crippen LogP contribution in [0.25, 0.3) is 10.2 Å². The molecule has 4 nitrogen and oxygen atoms in total. The molecule has 84 valence electrons. The van der Waals surface area contributed by atoms with Crippen LogP contribution in [-0.2, 0) is 16.0 Å². The Balaban J connectivity index is 2.28. The van der Waals surface area contributed by atoms with E-state index in [0.29, 0.717) is 17.6 Å². The van der Waals surface area contributed by atoms with Crippen LogP contribution in [-0.4, -0.2) is 22.5 Å². The van der Waals surface area contributed by atoms with Gasteiger partial charge in [-0.25, -0.2) is 9.97 Å². The zero-order chi connectivity index (χ0) is 11.5. The summed E-state index contributed by atoms with van der Waals surface area (Å²) in [7, 11) is 0. The van der Waals surface area contributed by atoms with E-state index < -0.39 is 0 Å². The SMILES string of the molecule is CCOC(=O)Cc1nc(Cl)c2sccc2n1. The maximum absolute atomic E-state index is 11.3. The lowest BCUT2D eigenvalue weighted by molar-refractivity contribution is -0.142. The molecule has 0 radical (unpaired) electrons. The highest BCUT2D eigenvalue weighted by Crippen LogP contribution is 2.25. The number of esters is 1. The fraction of sp³-hybridized carbons (Fsp3) is 0.300. The van der Waals surface area contributed by atoms with Crippen molar-refractivity contribution in [3.63, 3.8) is 0 Å². The van der Waals surface area contributed by atoms with Gasteiger partial charge in [-0.05, 0) is 18.4 Å². The van der Waals surface area contributed by atoms with Crippen molar-refractivity contribution in [2.75, 3.05) is 6.61 Å². The average molecular weight is 257 g/mol. The van der Waals surface area contributed by atoms with E-state index in [1.54, 1.807) is 6.92 Å². The smallest absolute Gasteiger partial charge is 0.313 e. The number of nitrogens with zero attached hydrogens (tertiary/aromatic N) is 2. The molecule has 2 heterocycles. The van der Waals surface area contributed by atoms with E-state index in [9.17, 15) is 4.79 Å². The zero-order valence-corrected chi connectivity index (χ0v) is 10.1. The Hall–Kier alpha value is -1.20. The van der Waals surface area contributed by atoms with Crippen LogP contribution < -0.4 is 0 Å². The second-order valence-corrected chi connectivity index (χ2v) is 4.32. The highest BCUT2D eigenvalue weighted by atomic mass is 35.5. The van der Waals surface area contributed by atoms with Gasteiger partial charge < -0.3 is 4.74 Å². The summed E-state index contributed by atoms with van der Waals surface area (Å²) in [4.78, 5) is 19.5. The normalized spacial score (nSPS) is 10.6. The first-order valence-electron chi connectivity index (χ1n) is 4.76. The highest BCUT2D eigenvalue weighted by molar-refractivity contribution is 7.17. The van der Waals surface area contributed by atoms with Gasteiger partial charge in [0, 0.05) is 0 Å². The molecule has 0 spiro atoms. The summed E-state index contributed by atoms with van der Waals surface area (Å²) in [6, 6.07) is 1.85. The summed E-state index contributed by atoms with van der Waals surface area (Å²) in [6.07, 6.45) is 0.0549. The Bertz CT molecular complexity index is 527. The Morgan fingerprint density at radius 2 is 2.38 bits per heavy atom. The lowest BCUT2D eigenvalue weighted by Gasteiger charge is -2.01. The van der Waals surface area contributed by atoms with Crippen LogP contribution in [0.2, 0.25) is 5.15 Å². The Kier molecular flexibility index (Phi) is 3.36. The molecule has 0 saturated carbocycles. The van der Waals surface area contributed by atoms with E-state index in [1.165, 1.54) is 11.3 Å². The minimum Gasteiger partial charge on any atom is -0.466 e. The van der Waals surface area contributed by atoms with Gasteiger partial charge in [-0.3, -0.25) is 4.79 Å². The fourth-order valence-corrected chi connectivity index (χ4v) is 2.33. The molecular formula is C10H9ClN2O2S. The Morgan fingerprint density at radius 1 is 1.56 bits per heavy atom. The van der Waals surface area contributed by atoms with Crippen molar-refractivity contribution in [2.45, 2.75) is 13.3 Å². The molecular weight excluding hydrogens is 248 g/mol. The van der Waals surface area contributed by atoms with Crippen LogP contribution in [0.15, 0.2) is 11.4 Å². The topological polar surface area (TPSA) is 52.1 Å². The van der Waals surface area contributed by atoms with Crippen LogP contribution in [0, 0.1) is 0 Å². The van der Waals surface area contributed by atoms with Gasteiger partial charge in [0.05, 0.1) is 16.8 Å². The molecule has 0 aliphatic heterocycles. The van der Waals surface area contributed by atoms with Crippen LogP contribution in [0.3, 0.4) is 0 Å². The van der Waals surface area contributed by atoms with Crippen molar-refractivity contribution in [2.24, 2.45) is 0 Å². The van der Waals surface area contributed by atoms with Crippen molar-refractivity contribution >= 4 is 39.1 Å². The van der Waals surface area contributed by atoms with Gasteiger partial charge in [-0.15, -0.1) is 11.3 Å². The van der Waals surface area contributed by atoms with E-state index in [1.807, 2.05) is 11.4 Å². The third-order valence-electron chi connectivity index (χ3n) is 1.92. The quantitative estimate of drug-likeness (QED) is 0.625. The molecule has 2 aromatic rings. The predicted molar refractivity (Wildman–Crippen MR) is 62.8 cm³/mol. The number of hydrogen-bond donors (Lipinski definition) is 0. The van der Waals surface area contributed by atoms with E-state index in [4.69, 9.17) is 16.3 Å². The first kappa shape index (κ1) is 11.3. The first-order valence-corrected chi connectivity index (χ1v) is 6.01. The predicted octanol–water partition coefficient (Wildman–Crippen LogP) is 2.45. The number of ether oxygens (including phenoxy) is 1. The summed E-state index contributed by atoms with van der Waals surface area (Å²) in [5.74, 6) is 0.0579. The number of halogens is 1. The summed E-state index contributed by atoms with van der Waals surface area (Å²) in [5.41, 5.74) is 0.768. The van der Waals surface area contributed by atoms with Crippen molar-refractivity contribution in [1.82, 2.24) is 9.97 Å². The standard InChI is InChI=1S/C10H9ClN2O2S/c1-2-15-8(14)5-7-12-6-3-4-16-9(6)10(11)13-7/h3-4H,2,5H2,1H3. The van der Waals surface area contributed by atoms with Gasteiger partial charge in [-0.2, -0.15) is 0 Å². The second-order valence-electron chi connectivity index (χ2n) is 3.05. The second kappa shape index (κ2) is 4.76. The van der Waals surface area contributed by atoms with Gasteiger partial charge in [0.2, 0.25) is 0 Å². The average Bonchev–Trinajstić information content (AvgIpc) is 2.66. The number of carbonyl (C=O) groups excluding carboxylic acids is 1. The van der Waals surface area contributed by atoms with Crippen LogP contribution in [0.4, 0.5) is 0 Å². The van der Waals surface area contributed by atoms with E-state index >= 15 is 0 Å². The van der Waals surface area contributed by atoms with Crippen molar-refractivity contribution in [3.05, 3.63) is 22.4 Å². The molecule has 6 heteroatoms. The monoisotopic (exact) mass is 256 g/mol. The van der Waals surface area contributed by atoms with E-state index in [2.05, 4.69) is 9.97 Å². The molecule has 16 heavy (non-hydrogen) atoms. The fourth-order valence-electron chi connectivity index (χ4n) is 1.29. The molecule has 0 amide bonds. The third-order valence-corrected chi connectivity index (χ3v) is 3.21. The van der Waals surface area contributed by atoms with Gasteiger partial charge in [0.15, 0.2) is 5.15 Å². The van der Waals surface area contributed by atoms with Gasteiger partial charge in [0.1, 0.15) is 12.2 Å². The molecule has 2 aromatic heterocycles. The third kappa shape index (κ3) is 2.31. The molecule has 0 aliphatic rings. The van der Waals surface area contributed by atoms with Gasteiger partial charge in [0.25, 0.3) is 0 Å². The number of thiophene rings is 1. The number of aromatic nitrogens is 2. The molecule has 0 atom stereocenters. The molecule has 0 unspecified atom stereocenters. The lowest BCUT2D eigenvalue weighted by Crippen LogP contribution is -2.10. The maximum Gasteiger partial charge on any atom is 0.313 e. The number of rotatable bonds is 3. The highest BCUT2D eigenvalue weighted by Gasteiger charge is 2.11. The van der Waals surface area contributed by atoms with Crippen LogP contribution in [0.5, 0.6) is 0 Å². The summed E-state index contributed by atoms with van der Waals surface area (Å²) < 4.78 is 5.66. The molecule has 2 rings (SSSR count). The van der Waals surface area contributed by atoms with Crippen LogP contribution >= 0.6 is 22.9 Å². The summed E-state index contributed by atoms with van der Waals surface area (Å²) >= 11 is 7.45. The molecule has 0 aliphatic carbocycles. The maximum atomic E-state index is 11.3. The van der Waals surface area contributed by atoms with E-state index in [-0.39, 0.29) is 12.4 Å². The molecule has 0 saturated heterocycles. The minimum absolute atomic E-state index is 0.0549. The Labute approximate surface area is 101 Å². The number of fused-ring (bicyclic) bond motifs is 1. The number of hydrogen-bond acceptors (Lipinski definition) is 5. The molecule has 0 bridgehead atoms. The largest absolute Gasteiger partial charge is 0.466 e. The van der Waals surface area contributed by atoms with Crippen molar-refractivity contribution in [1.29, 1.82) is 0 Å². The molecule has 0 N–H and O–H groups in total. The first-order chi connectivity index (χ1) is 7.70. The Morgan fingerprint density at radius 3 is 3.12 bits per heavy atom.